The first-order chi connectivity index (χ1) is 13.0. The Morgan fingerprint density at radius 2 is 1.96 bits per heavy atom. The van der Waals surface area contributed by atoms with E-state index in [-0.39, 0.29) is 18.5 Å². The van der Waals surface area contributed by atoms with Crippen molar-refractivity contribution in [1.29, 1.82) is 0 Å². The molecule has 2 aromatic heterocycles. The number of aryl methyl sites for hydroxylation is 1. The molecule has 0 spiro atoms. The zero-order valence-electron chi connectivity index (χ0n) is 14.8. The van der Waals surface area contributed by atoms with Crippen molar-refractivity contribution in [2.24, 2.45) is 0 Å². The van der Waals surface area contributed by atoms with Gasteiger partial charge < -0.3 is 5.32 Å². The second kappa shape index (κ2) is 7.25. The maximum atomic E-state index is 12.9. The molecule has 1 fully saturated rings. The SMILES string of the molecule is CC1(CCc2ccccc2)NC(=O)N(Cc2csc(-c3ccsc3)n2)C1=O. The minimum Gasteiger partial charge on any atom is -0.323 e. The Kier molecular flexibility index (Phi) is 4.80. The third-order valence-electron chi connectivity index (χ3n) is 4.74. The molecule has 3 aromatic rings. The van der Waals surface area contributed by atoms with Crippen molar-refractivity contribution in [2.45, 2.75) is 31.8 Å². The Morgan fingerprint density at radius 1 is 1.15 bits per heavy atom. The smallest absolute Gasteiger partial charge is 0.323 e. The highest BCUT2D eigenvalue weighted by Crippen LogP contribution is 2.28. The predicted molar refractivity (Wildman–Crippen MR) is 108 cm³/mol. The van der Waals surface area contributed by atoms with Crippen LogP contribution in [0.2, 0.25) is 0 Å². The number of hydrogen-bond acceptors (Lipinski definition) is 5. The van der Waals surface area contributed by atoms with Gasteiger partial charge in [0.1, 0.15) is 10.5 Å². The molecule has 1 N–H and O–H groups in total. The molecule has 0 bridgehead atoms. The molecular weight excluding hydrogens is 378 g/mol. The summed E-state index contributed by atoms with van der Waals surface area (Å²) in [6, 6.07) is 11.7. The molecule has 1 saturated heterocycles. The minimum absolute atomic E-state index is 0.187. The summed E-state index contributed by atoms with van der Waals surface area (Å²) in [5.74, 6) is -0.187. The zero-order valence-corrected chi connectivity index (χ0v) is 16.5. The minimum atomic E-state index is -0.876. The number of imide groups is 1. The summed E-state index contributed by atoms with van der Waals surface area (Å²) in [6.07, 6.45) is 1.30. The van der Waals surface area contributed by atoms with Crippen molar-refractivity contribution in [2.75, 3.05) is 0 Å². The van der Waals surface area contributed by atoms with E-state index in [0.717, 1.165) is 28.2 Å². The van der Waals surface area contributed by atoms with Gasteiger partial charge in [-0.25, -0.2) is 9.78 Å². The standard InChI is InChI=1S/C20H19N3O2S2/c1-20(9-7-14-5-3-2-4-6-14)18(24)23(19(25)22-20)11-16-13-27-17(21-16)15-8-10-26-12-15/h2-6,8,10,12-13H,7,9,11H2,1H3,(H,22,25). The normalized spacial score (nSPS) is 19.5. The van der Waals surface area contributed by atoms with Crippen molar-refractivity contribution in [3.8, 4) is 10.6 Å². The van der Waals surface area contributed by atoms with Gasteiger partial charge in [0.2, 0.25) is 0 Å². The lowest BCUT2D eigenvalue weighted by atomic mass is 9.93. The van der Waals surface area contributed by atoms with Crippen LogP contribution in [0.4, 0.5) is 4.79 Å². The van der Waals surface area contributed by atoms with Gasteiger partial charge >= 0.3 is 6.03 Å². The van der Waals surface area contributed by atoms with Crippen LogP contribution in [0.15, 0.2) is 52.5 Å². The first kappa shape index (κ1) is 17.9. The van der Waals surface area contributed by atoms with E-state index in [9.17, 15) is 9.59 Å². The fraction of sp³-hybridized carbons (Fsp3) is 0.250. The average molecular weight is 398 g/mol. The van der Waals surface area contributed by atoms with E-state index in [1.807, 2.05) is 52.5 Å². The molecule has 5 nitrogen and oxygen atoms in total. The van der Waals surface area contributed by atoms with Crippen LogP contribution in [-0.2, 0) is 17.8 Å². The van der Waals surface area contributed by atoms with Crippen LogP contribution in [0.5, 0.6) is 0 Å². The molecule has 1 aliphatic rings. The summed E-state index contributed by atoms with van der Waals surface area (Å²) in [5, 5.41) is 9.73. The van der Waals surface area contributed by atoms with Crippen LogP contribution in [0.3, 0.4) is 0 Å². The molecule has 7 heteroatoms. The van der Waals surface area contributed by atoms with Gasteiger partial charge in [-0.15, -0.1) is 11.3 Å². The monoisotopic (exact) mass is 397 g/mol. The largest absolute Gasteiger partial charge is 0.325 e. The molecule has 1 aliphatic heterocycles. The van der Waals surface area contributed by atoms with Gasteiger partial charge in [0.05, 0.1) is 12.2 Å². The number of nitrogens with zero attached hydrogens (tertiary/aromatic N) is 2. The molecule has 138 valence electrons. The van der Waals surface area contributed by atoms with Gasteiger partial charge in [-0.05, 0) is 36.8 Å². The van der Waals surface area contributed by atoms with E-state index in [4.69, 9.17) is 0 Å². The Labute approximate surface area is 165 Å². The van der Waals surface area contributed by atoms with Crippen molar-refractivity contribution in [3.05, 3.63) is 63.8 Å². The molecule has 0 saturated carbocycles. The molecular formula is C20H19N3O2S2. The maximum Gasteiger partial charge on any atom is 0.325 e. The number of aromatic nitrogens is 1. The summed E-state index contributed by atoms with van der Waals surface area (Å²) >= 11 is 3.15. The molecule has 4 rings (SSSR count). The average Bonchev–Trinajstić information content (AvgIpc) is 3.39. The fourth-order valence-corrected chi connectivity index (χ4v) is 4.68. The summed E-state index contributed by atoms with van der Waals surface area (Å²) in [7, 11) is 0. The molecule has 1 unspecified atom stereocenters. The second-order valence-corrected chi connectivity index (χ2v) is 8.43. The zero-order chi connectivity index (χ0) is 18.9. The van der Waals surface area contributed by atoms with Gasteiger partial charge in [0, 0.05) is 16.3 Å². The molecule has 1 atom stereocenters. The highest BCUT2D eigenvalue weighted by atomic mass is 32.1. The molecule has 1 aromatic carbocycles. The van der Waals surface area contributed by atoms with E-state index in [0.29, 0.717) is 6.42 Å². The van der Waals surface area contributed by atoms with Gasteiger partial charge in [-0.1, -0.05) is 30.3 Å². The lowest BCUT2D eigenvalue weighted by Gasteiger charge is -2.21. The van der Waals surface area contributed by atoms with Crippen molar-refractivity contribution < 1.29 is 9.59 Å². The Morgan fingerprint density at radius 3 is 2.70 bits per heavy atom. The third-order valence-corrected chi connectivity index (χ3v) is 6.37. The Bertz CT molecular complexity index is 953. The molecule has 3 heterocycles. The van der Waals surface area contributed by atoms with E-state index < -0.39 is 5.54 Å². The number of thiophene rings is 1. The molecule has 3 amide bonds. The highest BCUT2D eigenvalue weighted by molar-refractivity contribution is 7.14. The van der Waals surface area contributed by atoms with Gasteiger partial charge in [-0.3, -0.25) is 9.69 Å². The quantitative estimate of drug-likeness (QED) is 0.630. The number of carbonyl (C=O) groups excluding carboxylic acids is 2. The predicted octanol–water partition coefficient (Wildman–Crippen LogP) is 4.31. The number of carbonyl (C=O) groups is 2. The summed E-state index contributed by atoms with van der Waals surface area (Å²) in [5.41, 5.74) is 2.08. The van der Waals surface area contributed by atoms with E-state index >= 15 is 0 Å². The van der Waals surface area contributed by atoms with E-state index in [1.165, 1.54) is 16.2 Å². The third kappa shape index (κ3) is 3.65. The highest BCUT2D eigenvalue weighted by Gasteiger charge is 2.47. The number of benzene rings is 1. The maximum absolute atomic E-state index is 12.9. The molecule has 27 heavy (non-hydrogen) atoms. The number of urea groups is 1. The molecule has 0 radical (unpaired) electrons. The van der Waals surface area contributed by atoms with Gasteiger partial charge in [0.15, 0.2) is 0 Å². The van der Waals surface area contributed by atoms with Gasteiger partial charge in [0.25, 0.3) is 5.91 Å². The van der Waals surface area contributed by atoms with Crippen LogP contribution >= 0.6 is 22.7 Å². The first-order valence-corrected chi connectivity index (χ1v) is 10.5. The number of thiazole rings is 1. The van der Waals surface area contributed by atoms with Crippen molar-refractivity contribution in [3.63, 3.8) is 0 Å². The fourth-order valence-electron chi connectivity index (χ4n) is 3.16. The number of nitrogens with one attached hydrogen (secondary N) is 1. The van der Waals surface area contributed by atoms with Crippen LogP contribution in [0, 0.1) is 0 Å². The molecule has 0 aliphatic carbocycles. The van der Waals surface area contributed by atoms with E-state index in [1.54, 1.807) is 18.3 Å². The van der Waals surface area contributed by atoms with E-state index in [2.05, 4.69) is 10.3 Å². The Hall–Kier alpha value is -2.51. The van der Waals surface area contributed by atoms with Crippen molar-refractivity contribution >= 4 is 34.6 Å². The van der Waals surface area contributed by atoms with Crippen molar-refractivity contribution in [1.82, 2.24) is 15.2 Å². The summed E-state index contributed by atoms with van der Waals surface area (Å²) < 4.78 is 0. The topological polar surface area (TPSA) is 62.3 Å². The Balaban J connectivity index is 1.45. The van der Waals surface area contributed by atoms with Crippen LogP contribution in [-0.4, -0.2) is 27.4 Å². The van der Waals surface area contributed by atoms with Gasteiger partial charge in [-0.2, -0.15) is 11.3 Å². The number of rotatable bonds is 6. The lowest BCUT2D eigenvalue weighted by Crippen LogP contribution is -2.44. The number of amides is 3. The lowest BCUT2D eigenvalue weighted by molar-refractivity contribution is -0.131. The van der Waals surface area contributed by atoms with Crippen LogP contribution < -0.4 is 5.32 Å². The number of hydrogen-bond donors (Lipinski definition) is 1. The van der Waals surface area contributed by atoms with Crippen LogP contribution in [0.1, 0.15) is 24.6 Å². The van der Waals surface area contributed by atoms with Crippen LogP contribution in [0.25, 0.3) is 10.6 Å². The first-order valence-electron chi connectivity index (χ1n) is 8.70. The summed E-state index contributed by atoms with van der Waals surface area (Å²) in [6.45, 7) is 2.00. The summed E-state index contributed by atoms with van der Waals surface area (Å²) in [4.78, 5) is 31.2. The second-order valence-electron chi connectivity index (χ2n) is 6.80.